The highest BCUT2D eigenvalue weighted by molar-refractivity contribution is 5.99. The lowest BCUT2D eigenvalue weighted by Gasteiger charge is -2.22. The highest BCUT2D eigenvalue weighted by atomic mass is 19.1. The second kappa shape index (κ2) is 5.95. The minimum absolute atomic E-state index is 0.0216. The highest BCUT2D eigenvalue weighted by Crippen LogP contribution is 2.30. The van der Waals surface area contributed by atoms with Crippen molar-refractivity contribution in [3.05, 3.63) is 59.9 Å². The highest BCUT2D eigenvalue weighted by Gasteiger charge is 2.19. The van der Waals surface area contributed by atoms with E-state index in [-0.39, 0.29) is 18.1 Å². The molecule has 0 radical (unpaired) electrons. The summed E-state index contributed by atoms with van der Waals surface area (Å²) in [6.45, 7) is 1.69. The van der Waals surface area contributed by atoms with E-state index in [4.69, 9.17) is 4.74 Å². The van der Waals surface area contributed by atoms with E-state index in [1.165, 1.54) is 24.3 Å². The third-order valence-electron chi connectivity index (χ3n) is 3.54. The number of rotatable bonds is 3. The molecule has 2 aromatic rings. The number of anilines is 1. The topological polar surface area (TPSA) is 29.5 Å². The first-order valence-electron chi connectivity index (χ1n) is 6.99. The molecule has 108 valence electrons. The van der Waals surface area contributed by atoms with Crippen molar-refractivity contribution >= 4 is 11.5 Å². The molecule has 0 amide bonds. The summed E-state index contributed by atoms with van der Waals surface area (Å²) >= 11 is 0. The van der Waals surface area contributed by atoms with E-state index in [2.05, 4.69) is 0 Å². The Morgan fingerprint density at radius 1 is 1.14 bits per heavy atom. The van der Waals surface area contributed by atoms with Crippen LogP contribution in [0, 0.1) is 5.82 Å². The average Bonchev–Trinajstić information content (AvgIpc) is 2.71. The Morgan fingerprint density at radius 3 is 2.71 bits per heavy atom. The number of ether oxygens (including phenoxy) is 1. The number of fused-ring (bicyclic) bond motifs is 1. The molecule has 21 heavy (non-hydrogen) atoms. The molecule has 1 aliphatic rings. The number of benzene rings is 2. The van der Waals surface area contributed by atoms with E-state index in [0.29, 0.717) is 12.2 Å². The molecular weight excluding hydrogens is 269 g/mol. The molecule has 0 unspecified atom stereocenters. The van der Waals surface area contributed by atoms with Gasteiger partial charge < -0.3 is 9.64 Å². The molecule has 0 N–H and O–H groups in total. The number of ketones is 1. The lowest BCUT2D eigenvalue weighted by molar-refractivity contribution is 0.0999. The molecular formula is C17H16FNO2. The van der Waals surface area contributed by atoms with Crippen molar-refractivity contribution in [3.63, 3.8) is 0 Å². The predicted molar refractivity (Wildman–Crippen MR) is 79.5 cm³/mol. The molecule has 0 aliphatic carbocycles. The molecule has 1 aliphatic heterocycles. The fourth-order valence-electron chi connectivity index (χ4n) is 2.46. The summed E-state index contributed by atoms with van der Waals surface area (Å²) in [6.07, 6.45) is 0.866. The number of hydrogen-bond donors (Lipinski definition) is 0. The minimum atomic E-state index is -0.333. The maximum absolute atomic E-state index is 12.9. The van der Waals surface area contributed by atoms with Gasteiger partial charge in [-0.3, -0.25) is 4.79 Å². The predicted octanol–water partition coefficient (Wildman–Crippen LogP) is 3.30. The molecule has 0 saturated heterocycles. The maximum Gasteiger partial charge on any atom is 0.182 e. The first kappa shape index (κ1) is 13.6. The van der Waals surface area contributed by atoms with Gasteiger partial charge in [0.1, 0.15) is 11.6 Å². The van der Waals surface area contributed by atoms with E-state index in [9.17, 15) is 9.18 Å². The number of carbonyl (C=O) groups is 1. The Balaban J connectivity index is 1.81. The van der Waals surface area contributed by atoms with Crippen LogP contribution in [-0.4, -0.2) is 25.5 Å². The van der Waals surface area contributed by atoms with Crippen LogP contribution in [0.2, 0.25) is 0 Å². The Morgan fingerprint density at radius 2 is 1.90 bits per heavy atom. The van der Waals surface area contributed by atoms with E-state index < -0.39 is 0 Å². The molecule has 4 heteroatoms. The van der Waals surface area contributed by atoms with E-state index in [1.807, 2.05) is 29.2 Å². The molecule has 0 saturated carbocycles. The van der Waals surface area contributed by atoms with E-state index in [0.717, 1.165) is 24.4 Å². The molecule has 0 atom stereocenters. The van der Waals surface area contributed by atoms with Crippen LogP contribution >= 0.6 is 0 Å². The second-order valence-electron chi connectivity index (χ2n) is 5.02. The van der Waals surface area contributed by atoms with Crippen molar-refractivity contribution in [2.45, 2.75) is 6.42 Å². The fourth-order valence-corrected chi connectivity index (χ4v) is 2.46. The lowest BCUT2D eigenvalue weighted by Crippen LogP contribution is -2.30. The molecule has 0 aromatic heterocycles. The second-order valence-corrected chi connectivity index (χ2v) is 5.02. The number of para-hydroxylation sites is 2. The SMILES string of the molecule is O=C(CN1CCCOc2ccccc21)c1ccc(F)cc1. The first-order chi connectivity index (χ1) is 10.2. The van der Waals surface area contributed by atoms with Gasteiger partial charge in [0.05, 0.1) is 18.8 Å². The number of halogens is 1. The number of carbonyl (C=O) groups excluding carboxylic acids is 1. The van der Waals surface area contributed by atoms with Crippen LogP contribution in [0.1, 0.15) is 16.8 Å². The quantitative estimate of drug-likeness (QED) is 0.810. The van der Waals surface area contributed by atoms with Crippen molar-refractivity contribution in [2.24, 2.45) is 0 Å². The number of nitrogens with zero attached hydrogens (tertiary/aromatic N) is 1. The van der Waals surface area contributed by atoms with Crippen molar-refractivity contribution < 1.29 is 13.9 Å². The molecule has 0 spiro atoms. The molecule has 3 nitrogen and oxygen atoms in total. The fraction of sp³-hybridized carbons (Fsp3) is 0.235. The van der Waals surface area contributed by atoms with Gasteiger partial charge in [-0.2, -0.15) is 0 Å². The lowest BCUT2D eigenvalue weighted by atomic mass is 10.1. The zero-order chi connectivity index (χ0) is 14.7. The standard InChI is InChI=1S/C17H16FNO2/c18-14-8-6-13(7-9-14)16(20)12-19-10-3-11-21-17-5-2-1-4-15(17)19/h1-2,4-9H,3,10-12H2. The van der Waals surface area contributed by atoms with Crippen molar-refractivity contribution in [1.29, 1.82) is 0 Å². The summed E-state index contributed by atoms with van der Waals surface area (Å²) in [5.41, 5.74) is 1.46. The smallest absolute Gasteiger partial charge is 0.182 e. The number of hydrogen-bond acceptors (Lipinski definition) is 3. The molecule has 0 fully saturated rings. The summed E-state index contributed by atoms with van der Waals surface area (Å²) in [6, 6.07) is 13.4. The zero-order valence-corrected chi connectivity index (χ0v) is 11.6. The van der Waals surface area contributed by atoms with Gasteiger partial charge in [0.15, 0.2) is 5.78 Å². The van der Waals surface area contributed by atoms with Crippen LogP contribution in [0.4, 0.5) is 10.1 Å². The Bertz CT molecular complexity index is 639. The van der Waals surface area contributed by atoms with Crippen LogP contribution in [-0.2, 0) is 0 Å². The maximum atomic E-state index is 12.9. The Kier molecular flexibility index (Phi) is 3.86. The van der Waals surface area contributed by atoms with Gasteiger partial charge in [-0.15, -0.1) is 0 Å². The molecule has 2 aromatic carbocycles. The third-order valence-corrected chi connectivity index (χ3v) is 3.54. The van der Waals surface area contributed by atoms with Crippen LogP contribution in [0.25, 0.3) is 0 Å². The zero-order valence-electron chi connectivity index (χ0n) is 11.6. The Labute approximate surface area is 123 Å². The monoisotopic (exact) mass is 285 g/mol. The van der Waals surface area contributed by atoms with Crippen molar-refractivity contribution in [2.75, 3.05) is 24.6 Å². The first-order valence-corrected chi connectivity index (χ1v) is 6.99. The van der Waals surface area contributed by atoms with E-state index >= 15 is 0 Å². The van der Waals surface area contributed by atoms with Gasteiger partial charge in [0.25, 0.3) is 0 Å². The van der Waals surface area contributed by atoms with E-state index in [1.54, 1.807) is 0 Å². The summed E-state index contributed by atoms with van der Waals surface area (Å²) in [5.74, 6) is 0.452. The number of Topliss-reactive ketones (excluding diaryl/α,β-unsaturated/α-hetero) is 1. The van der Waals surface area contributed by atoms with Gasteiger partial charge in [-0.1, -0.05) is 12.1 Å². The molecule has 1 heterocycles. The summed E-state index contributed by atoms with van der Waals surface area (Å²) in [7, 11) is 0. The van der Waals surface area contributed by atoms with Crippen LogP contribution in [0.15, 0.2) is 48.5 Å². The largest absolute Gasteiger partial charge is 0.491 e. The summed E-state index contributed by atoms with van der Waals surface area (Å²) < 4.78 is 18.6. The summed E-state index contributed by atoms with van der Waals surface area (Å²) in [4.78, 5) is 14.4. The Hall–Kier alpha value is -2.36. The van der Waals surface area contributed by atoms with Gasteiger partial charge in [-0.25, -0.2) is 4.39 Å². The normalized spacial score (nSPS) is 14.0. The molecule has 3 rings (SSSR count). The van der Waals surface area contributed by atoms with Gasteiger partial charge in [0.2, 0.25) is 0 Å². The molecule has 0 bridgehead atoms. The van der Waals surface area contributed by atoms with Crippen LogP contribution < -0.4 is 9.64 Å². The summed E-state index contributed by atoms with van der Waals surface area (Å²) in [5, 5.41) is 0. The van der Waals surface area contributed by atoms with Crippen molar-refractivity contribution in [3.8, 4) is 5.75 Å². The minimum Gasteiger partial charge on any atom is -0.491 e. The van der Waals surface area contributed by atoms with Gasteiger partial charge in [-0.05, 0) is 42.8 Å². The van der Waals surface area contributed by atoms with Crippen LogP contribution in [0.5, 0.6) is 5.75 Å². The van der Waals surface area contributed by atoms with Gasteiger partial charge in [0, 0.05) is 12.1 Å². The van der Waals surface area contributed by atoms with Crippen molar-refractivity contribution in [1.82, 2.24) is 0 Å². The van der Waals surface area contributed by atoms with Crippen LogP contribution in [0.3, 0.4) is 0 Å². The third kappa shape index (κ3) is 3.05. The van der Waals surface area contributed by atoms with Gasteiger partial charge >= 0.3 is 0 Å². The average molecular weight is 285 g/mol.